The van der Waals surface area contributed by atoms with Gasteiger partial charge in [-0.3, -0.25) is 0 Å². The van der Waals surface area contributed by atoms with Crippen LogP contribution in [0, 0.1) is 0 Å². The molecule has 5 nitrogen and oxygen atoms in total. The first-order valence-electron chi connectivity index (χ1n) is 9.09. The topological polar surface area (TPSA) is 51.1 Å². The molecule has 0 N–H and O–H groups in total. The smallest absolute Gasteiger partial charge is 0.136 e. The van der Waals surface area contributed by atoms with Crippen LogP contribution < -0.4 is 4.90 Å². The molecule has 7 heteroatoms. The van der Waals surface area contributed by atoms with Crippen molar-refractivity contribution in [2.24, 2.45) is 0 Å². The Bertz CT molecular complexity index is 1010. The van der Waals surface area contributed by atoms with Crippen LogP contribution in [0.15, 0.2) is 11.4 Å². The van der Waals surface area contributed by atoms with Crippen LogP contribution in [0.3, 0.4) is 0 Å². The number of pyridine rings is 1. The lowest BCUT2D eigenvalue weighted by Crippen LogP contribution is -2.33. The SMILES string of the molecule is CSc1ncnc2c1sc1nc(N3CCCC3)c3c(c12)CC(C)(C)OC3. The predicted molar refractivity (Wildman–Crippen MR) is 109 cm³/mol. The standard InChI is InChI=1S/C19H22N4OS2/c1-19(2)8-11-12(9-24-19)16(23-6-4-5-7-23)22-17-13(11)14-15(26-17)18(25-3)21-10-20-14/h10H,4-9H2,1-3H3. The largest absolute Gasteiger partial charge is 0.370 e. The zero-order valence-corrected chi connectivity index (χ0v) is 17.0. The highest BCUT2D eigenvalue weighted by Crippen LogP contribution is 2.44. The van der Waals surface area contributed by atoms with E-state index in [0.29, 0.717) is 6.61 Å². The fourth-order valence-corrected chi connectivity index (χ4v) is 5.95. The highest BCUT2D eigenvalue weighted by Gasteiger charge is 2.33. The zero-order chi connectivity index (χ0) is 17.9. The molecule has 5 heterocycles. The summed E-state index contributed by atoms with van der Waals surface area (Å²) in [6.45, 7) is 7.17. The molecule has 0 aliphatic carbocycles. The summed E-state index contributed by atoms with van der Waals surface area (Å²) in [6, 6.07) is 0. The van der Waals surface area contributed by atoms with Gasteiger partial charge in [-0.25, -0.2) is 15.0 Å². The molecule has 0 bridgehead atoms. The number of ether oxygens (including phenoxy) is 1. The predicted octanol–water partition coefficient (Wildman–Crippen LogP) is 4.41. The molecule has 0 saturated carbocycles. The molecule has 0 aromatic carbocycles. The van der Waals surface area contributed by atoms with Crippen molar-refractivity contribution in [2.45, 2.75) is 50.3 Å². The molecule has 2 aliphatic heterocycles. The molecular formula is C19H22N4OS2. The lowest BCUT2D eigenvalue weighted by molar-refractivity contribution is -0.0395. The van der Waals surface area contributed by atoms with Gasteiger partial charge in [0.05, 0.1) is 22.4 Å². The Balaban J connectivity index is 1.85. The van der Waals surface area contributed by atoms with Gasteiger partial charge in [0.1, 0.15) is 22.0 Å². The number of fused-ring (bicyclic) bond motifs is 5. The molecule has 3 aromatic heterocycles. The fraction of sp³-hybridized carbons (Fsp3) is 0.526. The van der Waals surface area contributed by atoms with E-state index in [1.165, 1.54) is 29.4 Å². The van der Waals surface area contributed by atoms with Crippen LogP contribution in [0.25, 0.3) is 20.4 Å². The molecular weight excluding hydrogens is 364 g/mol. The maximum atomic E-state index is 6.17. The maximum Gasteiger partial charge on any atom is 0.136 e. The number of nitrogens with zero attached hydrogens (tertiary/aromatic N) is 4. The maximum absolute atomic E-state index is 6.17. The fourth-order valence-electron chi connectivity index (χ4n) is 4.10. The first-order chi connectivity index (χ1) is 12.6. The van der Waals surface area contributed by atoms with E-state index in [0.717, 1.165) is 45.4 Å². The third-order valence-corrected chi connectivity index (χ3v) is 7.28. The van der Waals surface area contributed by atoms with E-state index in [1.807, 2.05) is 0 Å². The van der Waals surface area contributed by atoms with Crippen molar-refractivity contribution in [3.05, 3.63) is 17.5 Å². The molecule has 0 radical (unpaired) electrons. The summed E-state index contributed by atoms with van der Waals surface area (Å²) in [7, 11) is 0. The molecule has 0 unspecified atom stereocenters. The lowest BCUT2D eigenvalue weighted by Gasteiger charge is -2.34. The van der Waals surface area contributed by atoms with E-state index in [9.17, 15) is 0 Å². The molecule has 5 rings (SSSR count). The number of hydrogen-bond donors (Lipinski definition) is 0. The number of aromatic nitrogens is 3. The van der Waals surface area contributed by atoms with Crippen LogP contribution in [0.5, 0.6) is 0 Å². The summed E-state index contributed by atoms with van der Waals surface area (Å²) in [5, 5.41) is 2.26. The number of thioether (sulfide) groups is 1. The molecule has 3 aromatic rings. The summed E-state index contributed by atoms with van der Waals surface area (Å²) in [5.41, 5.74) is 3.54. The molecule has 1 fully saturated rings. The van der Waals surface area contributed by atoms with Crippen molar-refractivity contribution in [3.63, 3.8) is 0 Å². The van der Waals surface area contributed by atoms with Gasteiger partial charge < -0.3 is 9.64 Å². The van der Waals surface area contributed by atoms with E-state index >= 15 is 0 Å². The quantitative estimate of drug-likeness (QED) is 0.480. The van der Waals surface area contributed by atoms with Gasteiger partial charge in [0.2, 0.25) is 0 Å². The van der Waals surface area contributed by atoms with Gasteiger partial charge in [-0.05, 0) is 38.5 Å². The number of anilines is 1. The van der Waals surface area contributed by atoms with Crippen LogP contribution >= 0.6 is 23.1 Å². The van der Waals surface area contributed by atoms with Crippen molar-refractivity contribution in [3.8, 4) is 0 Å². The van der Waals surface area contributed by atoms with Crippen LogP contribution in [-0.2, 0) is 17.8 Å². The zero-order valence-electron chi connectivity index (χ0n) is 15.3. The van der Waals surface area contributed by atoms with Gasteiger partial charge in [0.15, 0.2) is 0 Å². The van der Waals surface area contributed by atoms with E-state index in [1.54, 1.807) is 29.4 Å². The Kier molecular flexibility index (Phi) is 3.88. The highest BCUT2D eigenvalue weighted by molar-refractivity contribution is 7.98. The number of thiophene rings is 1. The number of hydrogen-bond acceptors (Lipinski definition) is 7. The van der Waals surface area contributed by atoms with Crippen molar-refractivity contribution in [2.75, 3.05) is 24.2 Å². The Morgan fingerprint density at radius 1 is 1.19 bits per heavy atom. The van der Waals surface area contributed by atoms with Gasteiger partial charge >= 0.3 is 0 Å². The van der Waals surface area contributed by atoms with Crippen molar-refractivity contribution in [1.29, 1.82) is 0 Å². The lowest BCUT2D eigenvalue weighted by atomic mass is 9.90. The second kappa shape index (κ2) is 6.04. The normalized spacial score (nSPS) is 19.4. The average molecular weight is 387 g/mol. The first kappa shape index (κ1) is 16.7. The molecule has 0 amide bonds. The Hall–Kier alpha value is -1.44. The number of rotatable bonds is 2. The molecule has 0 spiro atoms. The van der Waals surface area contributed by atoms with E-state index < -0.39 is 0 Å². The third-order valence-electron chi connectivity index (χ3n) is 5.37. The summed E-state index contributed by atoms with van der Waals surface area (Å²) >= 11 is 3.41. The minimum Gasteiger partial charge on any atom is -0.370 e. The highest BCUT2D eigenvalue weighted by atomic mass is 32.2. The monoisotopic (exact) mass is 386 g/mol. The van der Waals surface area contributed by atoms with Crippen LogP contribution in [0.2, 0.25) is 0 Å². The van der Waals surface area contributed by atoms with Crippen LogP contribution in [0.1, 0.15) is 37.8 Å². The van der Waals surface area contributed by atoms with E-state index in [2.05, 4.69) is 35.0 Å². The van der Waals surface area contributed by atoms with Gasteiger partial charge in [-0.2, -0.15) is 0 Å². The molecule has 136 valence electrons. The van der Waals surface area contributed by atoms with E-state index in [4.69, 9.17) is 9.72 Å². The Labute approximate surface area is 161 Å². The van der Waals surface area contributed by atoms with E-state index in [-0.39, 0.29) is 5.60 Å². The summed E-state index contributed by atoms with van der Waals surface area (Å²) in [5.74, 6) is 1.13. The Morgan fingerprint density at radius 3 is 2.77 bits per heavy atom. The molecule has 2 aliphatic rings. The minimum absolute atomic E-state index is 0.160. The van der Waals surface area contributed by atoms with Crippen molar-refractivity contribution in [1.82, 2.24) is 15.0 Å². The van der Waals surface area contributed by atoms with Crippen molar-refractivity contribution >= 4 is 49.3 Å². The average Bonchev–Trinajstić information content (AvgIpc) is 3.27. The summed E-state index contributed by atoms with van der Waals surface area (Å²) in [6.07, 6.45) is 7.14. The molecule has 0 atom stereocenters. The van der Waals surface area contributed by atoms with Gasteiger partial charge in [0, 0.05) is 30.5 Å². The van der Waals surface area contributed by atoms with Crippen LogP contribution in [-0.4, -0.2) is 39.9 Å². The first-order valence-corrected chi connectivity index (χ1v) is 11.1. The third kappa shape index (κ3) is 2.52. The second-order valence-electron chi connectivity index (χ2n) is 7.65. The van der Waals surface area contributed by atoms with Crippen molar-refractivity contribution < 1.29 is 4.74 Å². The Morgan fingerprint density at radius 2 is 2.00 bits per heavy atom. The molecule has 26 heavy (non-hydrogen) atoms. The van der Waals surface area contributed by atoms with Gasteiger partial charge in [-0.1, -0.05) is 0 Å². The molecule has 1 saturated heterocycles. The van der Waals surface area contributed by atoms with Gasteiger partial charge in [0.25, 0.3) is 0 Å². The summed E-state index contributed by atoms with van der Waals surface area (Å²) in [4.78, 5) is 17.8. The van der Waals surface area contributed by atoms with Gasteiger partial charge in [-0.15, -0.1) is 23.1 Å². The van der Waals surface area contributed by atoms with Crippen LogP contribution in [0.4, 0.5) is 5.82 Å². The second-order valence-corrected chi connectivity index (χ2v) is 9.45. The summed E-state index contributed by atoms with van der Waals surface area (Å²) < 4.78 is 7.33. The minimum atomic E-state index is -0.160.